The molecule has 6 heteroatoms. The molecule has 110 valence electrons. The van der Waals surface area contributed by atoms with Gasteiger partial charge in [-0.2, -0.15) is 0 Å². The number of nitrogens with zero attached hydrogens (tertiary/aromatic N) is 1. The Morgan fingerprint density at radius 2 is 1.90 bits per heavy atom. The Morgan fingerprint density at radius 3 is 2.45 bits per heavy atom. The monoisotopic (exact) mass is 315 g/mol. The van der Waals surface area contributed by atoms with Crippen molar-refractivity contribution in [1.82, 2.24) is 10.2 Å². The lowest BCUT2D eigenvalue weighted by Crippen LogP contribution is -2.52. The van der Waals surface area contributed by atoms with Gasteiger partial charge in [-0.1, -0.05) is 23.2 Å². The van der Waals surface area contributed by atoms with E-state index >= 15 is 0 Å². The first kappa shape index (κ1) is 15.4. The molecular formula is C14H19Cl2N3O. The second kappa shape index (κ2) is 6.20. The third-order valence-corrected chi connectivity index (χ3v) is 4.67. The molecule has 0 saturated carbocycles. The first-order valence-corrected chi connectivity index (χ1v) is 7.39. The van der Waals surface area contributed by atoms with Gasteiger partial charge in [0.1, 0.15) is 0 Å². The second-order valence-corrected chi connectivity index (χ2v) is 6.17. The number of urea groups is 1. The van der Waals surface area contributed by atoms with E-state index in [2.05, 4.69) is 17.6 Å². The van der Waals surface area contributed by atoms with Gasteiger partial charge >= 0.3 is 6.03 Å². The molecule has 2 rings (SSSR count). The van der Waals surface area contributed by atoms with E-state index in [0.29, 0.717) is 15.7 Å². The largest absolute Gasteiger partial charge is 0.324 e. The van der Waals surface area contributed by atoms with Gasteiger partial charge in [0.15, 0.2) is 0 Å². The summed E-state index contributed by atoms with van der Waals surface area (Å²) >= 11 is 11.8. The number of hydrogen-bond donors (Lipinski definition) is 2. The number of piperidine rings is 1. The van der Waals surface area contributed by atoms with Crippen molar-refractivity contribution in [3.05, 3.63) is 28.2 Å². The number of carbonyl (C=O) groups excluding carboxylic acids is 1. The first-order chi connectivity index (χ1) is 9.43. The van der Waals surface area contributed by atoms with E-state index in [9.17, 15) is 4.79 Å². The van der Waals surface area contributed by atoms with Crippen LogP contribution in [-0.4, -0.2) is 36.6 Å². The fraction of sp³-hybridized carbons (Fsp3) is 0.500. The summed E-state index contributed by atoms with van der Waals surface area (Å²) in [6.45, 7) is 3.66. The fourth-order valence-electron chi connectivity index (χ4n) is 2.23. The zero-order valence-electron chi connectivity index (χ0n) is 11.7. The van der Waals surface area contributed by atoms with Gasteiger partial charge in [0.25, 0.3) is 0 Å². The molecule has 1 aromatic carbocycles. The van der Waals surface area contributed by atoms with Crippen LogP contribution in [0.1, 0.15) is 19.8 Å². The fourth-order valence-corrected chi connectivity index (χ4v) is 2.53. The van der Waals surface area contributed by atoms with Gasteiger partial charge in [0.2, 0.25) is 0 Å². The smallest absolute Gasteiger partial charge is 0.321 e. The molecule has 1 heterocycles. The average Bonchev–Trinajstić information content (AvgIpc) is 2.43. The molecule has 4 nitrogen and oxygen atoms in total. The molecule has 1 aliphatic rings. The summed E-state index contributed by atoms with van der Waals surface area (Å²) in [6, 6.07) is 4.98. The van der Waals surface area contributed by atoms with Gasteiger partial charge < -0.3 is 15.5 Å². The summed E-state index contributed by atoms with van der Waals surface area (Å²) in [4.78, 5) is 14.0. The van der Waals surface area contributed by atoms with E-state index in [1.165, 1.54) is 0 Å². The van der Waals surface area contributed by atoms with Crippen molar-refractivity contribution in [2.24, 2.45) is 0 Å². The SMILES string of the molecule is CNC1(C)CCN(C(=O)Nc2ccc(Cl)c(Cl)c2)CC1. The van der Waals surface area contributed by atoms with Crippen LogP contribution in [0.3, 0.4) is 0 Å². The zero-order valence-corrected chi connectivity index (χ0v) is 13.2. The highest BCUT2D eigenvalue weighted by atomic mass is 35.5. The topological polar surface area (TPSA) is 44.4 Å². The van der Waals surface area contributed by atoms with E-state index < -0.39 is 0 Å². The van der Waals surface area contributed by atoms with Crippen LogP contribution in [0.25, 0.3) is 0 Å². The lowest BCUT2D eigenvalue weighted by Gasteiger charge is -2.39. The van der Waals surface area contributed by atoms with Gasteiger partial charge in [-0.25, -0.2) is 4.79 Å². The molecule has 0 aliphatic carbocycles. The third-order valence-electron chi connectivity index (χ3n) is 3.93. The Morgan fingerprint density at radius 1 is 1.25 bits per heavy atom. The lowest BCUT2D eigenvalue weighted by molar-refractivity contribution is 0.163. The van der Waals surface area contributed by atoms with Crippen molar-refractivity contribution in [3.63, 3.8) is 0 Å². The minimum atomic E-state index is -0.0958. The van der Waals surface area contributed by atoms with Crippen molar-refractivity contribution in [2.75, 3.05) is 25.5 Å². The maximum Gasteiger partial charge on any atom is 0.321 e. The minimum Gasteiger partial charge on any atom is -0.324 e. The first-order valence-electron chi connectivity index (χ1n) is 6.63. The Kier molecular flexibility index (Phi) is 4.78. The van der Waals surface area contributed by atoms with Crippen LogP contribution in [-0.2, 0) is 0 Å². The second-order valence-electron chi connectivity index (χ2n) is 5.36. The molecule has 0 radical (unpaired) electrons. The summed E-state index contributed by atoms with van der Waals surface area (Å²) in [5, 5.41) is 7.08. The molecule has 2 N–H and O–H groups in total. The van der Waals surface area contributed by atoms with E-state index in [-0.39, 0.29) is 11.6 Å². The van der Waals surface area contributed by atoms with E-state index in [1.54, 1.807) is 18.2 Å². The molecule has 1 fully saturated rings. The van der Waals surface area contributed by atoms with Gasteiger partial charge in [-0.15, -0.1) is 0 Å². The van der Waals surface area contributed by atoms with E-state index in [4.69, 9.17) is 23.2 Å². The van der Waals surface area contributed by atoms with Crippen molar-refractivity contribution < 1.29 is 4.79 Å². The van der Waals surface area contributed by atoms with Gasteiger partial charge in [-0.3, -0.25) is 0 Å². The molecule has 1 aromatic rings. The van der Waals surface area contributed by atoms with E-state index in [0.717, 1.165) is 25.9 Å². The molecule has 20 heavy (non-hydrogen) atoms. The highest BCUT2D eigenvalue weighted by molar-refractivity contribution is 6.42. The Balaban J connectivity index is 1.94. The van der Waals surface area contributed by atoms with Crippen molar-refractivity contribution >= 4 is 34.9 Å². The number of likely N-dealkylation sites (tertiary alicyclic amines) is 1. The van der Waals surface area contributed by atoms with Crippen molar-refractivity contribution in [3.8, 4) is 0 Å². The van der Waals surface area contributed by atoms with Crippen LogP contribution in [0, 0.1) is 0 Å². The summed E-state index contributed by atoms with van der Waals surface area (Å²) in [7, 11) is 1.96. The predicted octanol–water partition coefficient (Wildman–Crippen LogP) is 3.60. The Bertz CT molecular complexity index is 499. The number of nitrogens with one attached hydrogen (secondary N) is 2. The zero-order chi connectivity index (χ0) is 14.8. The number of carbonyl (C=O) groups is 1. The van der Waals surface area contributed by atoms with Crippen molar-refractivity contribution in [1.29, 1.82) is 0 Å². The maximum absolute atomic E-state index is 12.2. The van der Waals surface area contributed by atoms with Gasteiger partial charge in [-0.05, 0) is 45.0 Å². The number of benzene rings is 1. The minimum absolute atomic E-state index is 0.0958. The normalized spacial score (nSPS) is 17.9. The predicted molar refractivity (Wildman–Crippen MR) is 83.8 cm³/mol. The quantitative estimate of drug-likeness (QED) is 0.875. The number of halogens is 2. The van der Waals surface area contributed by atoms with Crippen LogP contribution in [0.2, 0.25) is 10.0 Å². The number of amides is 2. The molecule has 1 saturated heterocycles. The molecule has 0 aromatic heterocycles. The van der Waals surface area contributed by atoms with Gasteiger partial charge in [0, 0.05) is 24.3 Å². The van der Waals surface area contributed by atoms with E-state index in [1.807, 2.05) is 11.9 Å². The number of hydrogen-bond acceptors (Lipinski definition) is 2. The van der Waals surface area contributed by atoms with Crippen LogP contribution < -0.4 is 10.6 Å². The molecule has 0 bridgehead atoms. The number of anilines is 1. The van der Waals surface area contributed by atoms with Crippen molar-refractivity contribution in [2.45, 2.75) is 25.3 Å². The molecule has 1 aliphatic heterocycles. The molecule has 0 unspecified atom stereocenters. The highest BCUT2D eigenvalue weighted by Gasteiger charge is 2.30. The number of rotatable bonds is 2. The maximum atomic E-state index is 12.2. The van der Waals surface area contributed by atoms with Gasteiger partial charge in [0.05, 0.1) is 10.0 Å². The third kappa shape index (κ3) is 3.57. The molecule has 0 atom stereocenters. The molecule has 0 spiro atoms. The van der Waals surface area contributed by atoms with Crippen LogP contribution >= 0.6 is 23.2 Å². The summed E-state index contributed by atoms with van der Waals surface area (Å²) < 4.78 is 0. The molecule has 2 amide bonds. The average molecular weight is 316 g/mol. The van der Waals surface area contributed by atoms with Crippen LogP contribution in [0.15, 0.2) is 18.2 Å². The highest BCUT2D eigenvalue weighted by Crippen LogP contribution is 2.26. The summed E-state index contributed by atoms with van der Waals surface area (Å²) in [6.07, 6.45) is 1.89. The Labute approximate surface area is 129 Å². The van der Waals surface area contributed by atoms with Crippen LogP contribution in [0.4, 0.5) is 10.5 Å². The lowest BCUT2D eigenvalue weighted by atomic mass is 9.90. The summed E-state index contributed by atoms with van der Waals surface area (Å²) in [5.74, 6) is 0. The van der Waals surface area contributed by atoms with Crippen LogP contribution in [0.5, 0.6) is 0 Å². The summed E-state index contributed by atoms with van der Waals surface area (Å²) in [5.41, 5.74) is 0.784. The standard InChI is InChI=1S/C14H19Cl2N3O/c1-14(17-2)5-7-19(8-6-14)13(20)18-10-3-4-11(15)12(16)9-10/h3-4,9,17H,5-8H2,1-2H3,(H,18,20). The molecular weight excluding hydrogens is 297 g/mol. The Hall–Kier alpha value is -0.970.